The van der Waals surface area contributed by atoms with Crippen molar-refractivity contribution in [3.05, 3.63) is 23.0 Å². The number of rotatable bonds is 12. The molecule has 20 nitrogen and oxygen atoms in total. The summed E-state index contributed by atoms with van der Waals surface area (Å²) in [5.41, 5.74) is 9.65. The number of carbonyl (C=O) groups excluding carboxylic acids is 2. The third-order valence-electron chi connectivity index (χ3n) is 7.14. The lowest BCUT2D eigenvalue weighted by atomic mass is 9.98. The molecule has 9 N–H and O–H groups in total. The molecular weight excluding hydrogens is 612 g/mol. The Labute approximate surface area is 247 Å². The predicted molar refractivity (Wildman–Crippen MR) is 147 cm³/mol. The maximum Gasteiger partial charge on any atom is 0.362 e. The Balaban J connectivity index is 1.34. The van der Waals surface area contributed by atoms with Gasteiger partial charge >= 0.3 is 16.3 Å². The normalized spacial score (nSPS) is 23.0. The second kappa shape index (κ2) is 11.3. The molecule has 5 rings (SSSR count). The minimum Gasteiger partial charge on any atom is -0.478 e. The number of carboxylic acids is 1. The van der Waals surface area contributed by atoms with Crippen LogP contribution >= 0.6 is 11.3 Å². The van der Waals surface area contributed by atoms with Crippen molar-refractivity contribution in [2.24, 2.45) is 10.9 Å². The van der Waals surface area contributed by atoms with Gasteiger partial charge in [0.1, 0.15) is 23.5 Å². The van der Waals surface area contributed by atoms with Crippen molar-refractivity contribution in [2.75, 3.05) is 18.8 Å². The molecule has 22 heteroatoms. The van der Waals surface area contributed by atoms with Crippen LogP contribution in [0.5, 0.6) is 0 Å². The van der Waals surface area contributed by atoms with E-state index >= 15 is 0 Å². The molecule has 3 aliphatic rings. The van der Waals surface area contributed by atoms with Crippen molar-refractivity contribution >= 4 is 56.2 Å². The minimum absolute atomic E-state index is 0.0280. The molecule has 0 spiro atoms. The number of guanidine groups is 1. The smallest absolute Gasteiger partial charge is 0.362 e. The van der Waals surface area contributed by atoms with Gasteiger partial charge in [0.2, 0.25) is 5.60 Å². The Morgan fingerprint density at radius 3 is 2.70 bits per heavy atom. The largest absolute Gasteiger partial charge is 0.478 e. The van der Waals surface area contributed by atoms with Gasteiger partial charge in [-0.25, -0.2) is 14.1 Å². The Hall–Kier alpha value is -4.41. The number of nitrogens with one attached hydrogen (secondary N) is 3. The number of aliphatic carboxylic acids is 1. The molecule has 1 aliphatic carbocycles. The lowest BCUT2D eigenvalue weighted by Gasteiger charge is -2.43. The van der Waals surface area contributed by atoms with Gasteiger partial charge in [-0.3, -0.25) is 19.6 Å². The number of amides is 2. The lowest BCUT2D eigenvalue weighted by molar-refractivity contribution is -0.153. The van der Waals surface area contributed by atoms with E-state index in [0.717, 1.165) is 29.1 Å². The van der Waals surface area contributed by atoms with E-state index < -0.39 is 51.5 Å². The van der Waals surface area contributed by atoms with E-state index in [2.05, 4.69) is 31.0 Å². The molecule has 0 aromatic carbocycles. The zero-order valence-corrected chi connectivity index (χ0v) is 23.9. The van der Waals surface area contributed by atoms with E-state index in [1.807, 2.05) is 0 Å². The summed E-state index contributed by atoms with van der Waals surface area (Å²) in [6.07, 6.45) is 2.47. The number of carbonyl (C=O) groups is 3. The van der Waals surface area contributed by atoms with Gasteiger partial charge in [-0.1, -0.05) is 5.16 Å². The van der Waals surface area contributed by atoms with Crippen LogP contribution in [0.3, 0.4) is 0 Å². The summed E-state index contributed by atoms with van der Waals surface area (Å²) in [5, 5.41) is 36.3. The number of hydrogen-bond acceptors (Lipinski definition) is 14. The molecule has 43 heavy (non-hydrogen) atoms. The topological polar surface area (TPSA) is 297 Å². The zero-order valence-electron chi connectivity index (χ0n) is 22.3. The standard InChI is InChI=1S/C21H28N12O8S2/c22-19(23)31(11-1-4-25-6-11)7-10-5-26-32(29-10)8-13-15(17(35)33(13)43(38,39)40)28-16(34)14(12-9-42-20(24)27-12)30-41-21(2-3-21)18(36)37/h5,9,11,13,15,25H,1-4,6-8H2,(H3,22,23)(H2,24,27)(H,28,34)(H,36,37)(H,38,39,40)/t11?,13-,15-/m0/s1. The Bertz CT molecular complexity index is 1580. The van der Waals surface area contributed by atoms with Crippen LogP contribution in [0.4, 0.5) is 5.13 Å². The quantitative estimate of drug-likeness (QED) is 0.0398. The highest BCUT2D eigenvalue weighted by Gasteiger charge is 2.56. The molecular formula is C21H28N12O8S2. The van der Waals surface area contributed by atoms with E-state index in [1.165, 1.54) is 11.6 Å². The molecule has 1 saturated carbocycles. The molecule has 2 aromatic rings. The van der Waals surface area contributed by atoms with E-state index in [0.29, 0.717) is 12.2 Å². The van der Waals surface area contributed by atoms with Gasteiger partial charge in [0.25, 0.3) is 11.8 Å². The van der Waals surface area contributed by atoms with Gasteiger partial charge in [0.15, 0.2) is 16.8 Å². The van der Waals surface area contributed by atoms with Crippen LogP contribution in [0.1, 0.15) is 30.7 Å². The van der Waals surface area contributed by atoms with Crippen molar-refractivity contribution in [3.8, 4) is 0 Å². The summed E-state index contributed by atoms with van der Waals surface area (Å²) in [7, 11) is -5.03. The van der Waals surface area contributed by atoms with E-state index in [1.54, 1.807) is 4.90 Å². The number of aromatic nitrogens is 4. The fourth-order valence-corrected chi connectivity index (χ4v) is 6.11. The summed E-state index contributed by atoms with van der Waals surface area (Å²) in [6, 6.07) is -2.87. The van der Waals surface area contributed by atoms with Crippen molar-refractivity contribution in [1.82, 2.24) is 39.8 Å². The molecule has 2 amide bonds. The van der Waals surface area contributed by atoms with Crippen LogP contribution in [0.25, 0.3) is 0 Å². The first kappa shape index (κ1) is 30.1. The molecule has 3 atom stereocenters. The van der Waals surface area contributed by atoms with Crippen LogP contribution in [0, 0.1) is 5.41 Å². The first-order valence-corrected chi connectivity index (χ1v) is 15.1. The summed E-state index contributed by atoms with van der Waals surface area (Å²) >= 11 is 0.965. The van der Waals surface area contributed by atoms with E-state index in [9.17, 15) is 32.5 Å². The number of thiazole rings is 1. The van der Waals surface area contributed by atoms with Gasteiger partial charge in [0, 0.05) is 30.8 Å². The van der Waals surface area contributed by atoms with Crippen LogP contribution in [-0.2, 0) is 42.6 Å². The van der Waals surface area contributed by atoms with Gasteiger partial charge in [-0.2, -0.15) is 23.4 Å². The minimum atomic E-state index is -5.03. The first-order chi connectivity index (χ1) is 20.3. The highest BCUT2D eigenvalue weighted by atomic mass is 32.2. The van der Waals surface area contributed by atoms with Crippen LogP contribution in [0.15, 0.2) is 16.7 Å². The fourth-order valence-electron chi connectivity index (χ4n) is 4.69. The highest BCUT2D eigenvalue weighted by molar-refractivity contribution is 7.84. The fraction of sp³-hybridized carbons (Fsp3) is 0.524. The zero-order chi connectivity index (χ0) is 31.1. The average Bonchev–Trinajstić information content (AvgIpc) is 3.27. The molecule has 1 unspecified atom stereocenters. The number of nitrogens with two attached hydrogens (primary N) is 2. The predicted octanol–water partition coefficient (Wildman–Crippen LogP) is -3.09. The highest BCUT2D eigenvalue weighted by Crippen LogP contribution is 2.40. The molecule has 232 valence electrons. The maximum absolute atomic E-state index is 13.3. The molecule has 0 radical (unpaired) electrons. The van der Waals surface area contributed by atoms with Crippen molar-refractivity contribution in [2.45, 2.75) is 56.1 Å². The van der Waals surface area contributed by atoms with Crippen molar-refractivity contribution in [3.63, 3.8) is 0 Å². The van der Waals surface area contributed by atoms with Crippen LogP contribution < -0.4 is 22.1 Å². The Morgan fingerprint density at radius 2 is 2.14 bits per heavy atom. The van der Waals surface area contributed by atoms with Gasteiger partial charge in [-0.05, 0) is 13.0 Å². The monoisotopic (exact) mass is 640 g/mol. The second-order valence-electron chi connectivity index (χ2n) is 10.1. The lowest BCUT2D eigenvalue weighted by Crippen LogP contribution is -2.73. The number of nitrogen functional groups attached to an aromatic ring is 1. The Morgan fingerprint density at radius 1 is 1.40 bits per heavy atom. The van der Waals surface area contributed by atoms with E-state index in [4.69, 9.17) is 21.7 Å². The number of nitrogens with zero attached hydrogens (tertiary/aromatic N) is 7. The number of oxime groups is 1. The molecule has 2 saturated heterocycles. The number of carboxylic acid groups (broad SMARTS) is 1. The van der Waals surface area contributed by atoms with Crippen molar-refractivity contribution in [1.29, 1.82) is 5.41 Å². The van der Waals surface area contributed by atoms with Gasteiger partial charge in [0.05, 0.1) is 19.3 Å². The van der Waals surface area contributed by atoms with Crippen LogP contribution in [0.2, 0.25) is 0 Å². The number of β-lactam (4-membered cyclic amide) rings is 1. The first-order valence-electron chi connectivity index (χ1n) is 12.8. The summed E-state index contributed by atoms with van der Waals surface area (Å²) in [4.78, 5) is 49.4. The molecule has 4 heterocycles. The molecule has 2 aromatic heterocycles. The van der Waals surface area contributed by atoms with Gasteiger partial charge < -0.3 is 36.9 Å². The molecule has 2 aliphatic heterocycles. The van der Waals surface area contributed by atoms with Crippen molar-refractivity contribution < 1.29 is 37.3 Å². The van der Waals surface area contributed by atoms with E-state index in [-0.39, 0.29) is 53.1 Å². The van der Waals surface area contributed by atoms with Crippen LogP contribution in [-0.4, -0.2) is 114 Å². The Kier molecular flexibility index (Phi) is 7.93. The maximum atomic E-state index is 13.3. The molecule has 3 fully saturated rings. The second-order valence-corrected chi connectivity index (χ2v) is 12.3. The summed E-state index contributed by atoms with van der Waals surface area (Å²) in [6.45, 7) is 1.17. The third kappa shape index (κ3) is 6.21. The number of anilines is 1. The number of hydrogen-bond donors (Lipinski definition) is 7. The summed E-state index contributed by atoms with van der Waals surface area (Å²) in [5.74, 6) is -3.62. The summed E-state index contributed by atoms with van der Waals surface area (Å²) < 4.78 is 33.9. The third-order valence-corrected chi connectivity index (χ3v) is 8.76. The average molecular weight is 641 g/mol. The van der Waals surface area contributed by atoms with Gasteiger partial charge in [-0.15, -0.1) is 11.3 Å². The SMILES string of the molecule is N=C(N)N(Cc1cnn(C[C@H]2[C@H](NC(=O)C(=NOC3(C(=O)O)CC3)c3csc(N)n3)C(=O)N2S(=O)(=O)O)n1)C1CCNC1. The molecule has 0 bridgehead atoms.